The van der Waals surface area contributed by atoms with Gasteiger partial charge in [0, 0.05) is 7.11 Å². The summed E-state index contributed by atoms with van der Waals surface area (Å²) in [5, 5.41) is 0. The van der Waals surface area contributed by atoms with Gasteiger partial charge >= 0.3 is 0 Å². The second-order valence-corrected chi connectivity index (χ2v) is 1.45. The van der Waals surface area contributed by atoms with Crippen molar-refractivity contribution in [3.63, 3.8) is 0 Å². The molecular weight excluding hydrogens is 88.1 g/mol. The molecule has 0 aliphatic heterocycles. The quantitative estimate of drug-likeness (QED) is 0.521. The number of hydrogen-bond acceptors (Lipinski definition) is 1. The van der Waals surface area contributed by atoms with Crippen LogP contribution in [0.25, 0.3) is 0 Å². The lowest BCUT2D eigenvalue weighted by Crippen LogP contribution is -2.00. The molecule has 0 N–H and O–H groups in total. The summed E-state index contributed by atoms with van der Waals surface area (Å²) in [7, 11) is 1.73. The van der Waals surface area contributed by atoms with Crippen molar-refractivity contribution in [2.45, 2.75) is 33.8 Å². The molecule has 0 saturated heterocycles. The molecule has 46 valence electrons. The van der Waals surface area contributed by atoms with Crippen LogP contribution in [0.1, 0.15) is 27.7 Å². The highest BCUT2D eigenvalue weighted by Gasteiger charge is 1.88. The van der Waals surface area contributed by atoms with Gasteiger partial charge < -0.3 is 4.74 Å². The molecule has 1 heteroatoms. The molecule has 0 radical (unpaired) electrons. The molecule has 0 rings (SSSR count). The van der Waals surface area contributed by atoms with Crippen LogP contribution in [0.5, 0.6) is 0 Å². The summed E-state index contributed by atoms with van der Waals surface area (Å²) in [5.41, 5.74) is 0. The van der Waals surface area contributed by atoms with Crippen molar-refractivity contribution >= 4 is 0 Å². The summed E-state index contributed by atoms with van der Waals surface area (Å²) in [6.07, 6.45) is 1.54. The summed E-state index contributed by atoms with van der Waals surface area (Å²) in [5.74, 6) is 0. The fourth-order valence-electron chi connectivity index (χ4n) is 0.167. The molecule has 0 aromatic heterocycles. The molecule has 7 heavy (non-hydrogen) atoms. The predicted octanol–water partition coefficient (Wildman–Crippen LogP) is 2.07. The Labute approximate surface area is 46.7 Å². The number of ether oxygens (including phenoxy) is 1. The van der Waals surface area contributed by atoms with E-state index < -0.39 is 0 Å². The Morgan fingerprint density at radius 3 is 2.00 bits per heavy atom. The highest BCUT2D eigenvalue weighted by molar-refractivity contribution is 4.38. The van der Waals surface area contributed by atoms with Crippen molar-refractivity contribution in [3.8, 4) is 0 Å². The van der Waals surface area contributed by atoms with Gasteiger partial charge in [0.15, 0.2) is 0 Å². The molecule has 1 unspecified atom stereocenters. The van der Waals surface area contributed by atoms with Crippen molar-refractivity contribution in [3.05, 3.63) is 0 Å². The lowest BCUT2D eigenvalue weighted by molar-refractivity contribution is 0.115. The van der Waals surface area contributed by atoms with Crippen LogP contribution < -0.4 is 0 Å². The van der Waals surface area contributed by atoms with Crippen LogP contribution in [0.15, 0.2) is 0 Å². The van der Waals surface area contributed by atoms with Crippen LogP contribution in [-0.2, 0) is 4.74 Å². The number of hydrogen-bond donors (Lipinski definition) is 0. The van der Waals surface area contributed by atoms with Gasteiger partial charge in [-0.2, -0.15) is 0 Å². The standard InChI is InChI=1S/C5H12O.CH4/c1-4-5(2)6-3;/h5H,4H2,1-3H3;1H4. The normalized spacial score (nSPS) is 12.4. The Balaban J connectivity index is 0. The van der Waals surface area contributed by atoms with Gasteiger partial charge in [-0.25, -0.2) is 0 Å². The van der Waals surface area contributed by atoms with Crippen LogP contribution in [0.4, 0.5) is 0 Å². The van der Waals surface area contributed by atoms with Gasteiger partial charge in [0.05, 0.1) is 6.10 Å². The van der Waals surface area contributed by atoms with E-state index in [4.69, 9.17) is 4.74 Å². The molecule has 0 fully saturated rings. The largest absolute Gasteiger partial charge is 0.382 e. The van der Waals surface area contributed by atoms with E-state index >= 15 is 0 Å². The molecule has 0 bridgehead atoms. The Kier molecular flexibility index (Phi) is 8.56. The van der Waals surface area contributed by atoms with Crippen LogP contribution in [0, 0.1) is 0 Å². The number of methoxy groups -OCH3 is 1. The van der Waals surface area contributed by atoms with E-state index in [0.717, 1.165) is 6.42 Å². The first-order valence-electron chi connectivity index (χ1n) is 2.34. The second-order valence-electron chi connectivity index (χ2n) is 1.45. The Hall–Kier alpha value is -0.0400. The minimum absolute atomic E-state index is 0. The molecular formula is C6H16O. The SMILES string of the molecule is C.CCC(C)OC. The van der Waals surface area contributed by atoms with Gasteiger partial charge in [-0.15, -0.1) is 0 Å². The van der Waals surface area contributed by atoms with Crippen LogP contribution in [-0.4, -0.2) is 13.2 Å². The third kappa shape index (κ3) is 5.96. The summed E-state index contributed by atoms with van der Waals surface area (Å²) >= 11 is 0. The maximum atomic E-state index is 4.90. The number of rotatable bonds is 2. The van der Waals surface area contributed by atoms with E-state index in [1.165, 1.54) is 0 Å². The minimum Gasteiger partial charge on any atom is -0.382 e. The third-order valence-corrected chi connectivity index (χ3v) is 0.977. The lowest BCUT2D eigenvalue weighted by atomic mass is 10.3. The summed E-state index contributed by atoms with van der Waals surface area (Å²) in [6, 6.07) is 0. The van der Waals surface area contributed by atoms with Gasteiger partial charge in [-0.1, -0.05) is 14.4 Å². The first kappa shape index (κ1) is 10.0. The summed E-state index contributed by atoms with van der Waals surface area (Å²) in [4.78, 5) is 0. The van der Waals surface area contributed by atoms with E-state index in [-0.39, 0.29) is 7.43 Å². The maximum absolute atomic E-state index is 4.90. The average molecular weight is 104 g/mol. The first-order valence-corrected chi connectivity index (χ1v) is 2.34. The van der Waals surface area contributed by atoms with Crippen molar-refractivity contribution in [1.82, 2.24) is 0 Å². The Morgan fingerprint density at radius 2 is 2.00 bits per heavy atom. The Bertz CT molecular complexity index is 23.4. The van der Waals surface area contributed by atoms with Gasteiger partial charge in [0.25, 0.3) is 0 Å². The zero-order valence-electron chi connectivity index (χ0n) is 4.69. The van der Waals surface area contributed by atoms with Gasteiger partial charge in [-0.3, -0.25) is 0 Å². The first-order chi connectivity index (χ1) is 2.81. The predicted molar refractivity (Wildman–Crippen MR) is 33.5 cm³/mol. The molecule has 0 aromatic carbocycles. The Morgan fingerprint density at radius 1 is 1.57 bits per heavy atom. The summed E-state index contributed by atoms with van der Waals surface area (Å²) in [6.45, 7) is 4.16. The van der Waals surface area contributed by atoms with Crippen molar-refractivity contribution in [2.75, 3.05) is 7.11 Å². The molecule has 0 heterocycles. The van der Waals surface area contributed by atoms with Crippen LogP contribution >= 0.6 is 0 Å². The average Bonchev–Trinajstić information content (AvgIpc) is 1.65. The maximum Gasteiger partial charge on any atom is 0.0540 e. The van der Waals surface area contributed by atoms with E-state index in [1.54, 1.807) is 7.11 Å². The molecule has 1 atom stereocenters. The highest BCUT2D eigenvalue weighted by Crippen LogP contribution is 1.89. The van der Waals surface area contributed by atoms with Crippen molar-refractivity contribution in [2.24, 2.45) is 0 Å². The van der Waals surface area contributed by atoms with E-state index in [0.29, 0.717) is 6.10 Å². The highest BCUT2D eigenvalue weighted by atomic mass is 16.5. The molecule has 0 aliphatic rings. The lowest BCUT2D eigenvalue weighted by Gasteiger charge is -2.01. The molecule has 0 amide bonds. The monoisotopic (exact) mass is 104 g/mol. The zero-order valence-corrected chi connectivity index (χ0v) is 4.69. The molecule has 0 spiro atoms. The topological polar surface area (TPSA) is 9.23 Å². The van der Waals surface area contributed by atoms with Gasteiger partial charge in [0.2, 0.25) is 0 Å². The van der Waals surface area contributed by atoms with Gasteiger partial charge in [-0.05, 0) is 13.3 Å². The van der Waals surface area contributed by atoms with Crippen molar-refractivity contribution in [1.29, 1.82) is 0 Å². The molecule has 0 aliphatic carbocycles. The van der Waals surface area contributed by atoms with Crippen LogP contribution in [0.2, 0.25) is 0 Å². The second kappa shape index (κ2) is 5.96. The molecule has 0 saturated carbocycles. The molecule has 1 nitrogen and oxygen atoms in total. The van der Waals surface area contributed by atoms with E-state index in [2.05, 4.69) is 13.8 Å². The summed E-state index contributed by atoms with van der Waals surface area (Å²) < 4.78 is 4.90. The zero-order chi connectivity index (χ0) is 4.99. The van der Waals surface area contributed by atoms with Gasteiger partial charge in [0.1, 0.15) is 0 Å². The van der Waals surface area contributed by atoms with Crippen LogP contribution in [0.3, 0.4) is 0 Å². The fourth-order valence-corrected chi connectivity index (χ4v) is 0.167. The van der Waals surface area contributed by atoms with E-state index in [9.17, 15) is 0 Å². The fraction of sp³-hybridized carbons (Fsp3) is 1.00. The minimum atomic E-state index is 0. The van der Waals surface area contributed by atoms with E-state index in [1.807, 2.05) is 0 Å². The van der Waals surface area contributed by atoms with Crippen molar-refractivity contribution < 1.29 is 4.74 Å². The smallest absolute Gasteiger partial charge is 0.0540 e. The third-order valence-electron chi connectivity index (χ3n) is 0.977. The molecule has 0 aromatic rings.